The molecule has 0 spiro atoms. The minimum atomic E-state index is -0.551. The van der Waals surface area contributed by atoms with Gasteiger partial charge in [-0.3, -0.25) is 14.3 Å². The highest BCUT2D eigenvalue weighted by molar-refractivity contribution is 9.10. The van der Waals surface area contributed by atoms with Crippen molar-refractivity contribution >= 4 is 38.4 Å². The highest BCUT2D eigenvalue weighted by atomic mass is 79.9. The summed E-state index contributed by atoms with van der Waals surface area (Å²) in [4.78, 5) is 17.2. The van der Waals surface area contributed by atoms with E-state index in [9.17, 15) is 9.90 Å². The van der Waals surface area contributed by atoms with Crippen molar-refractivity contribution in [3.8, 4) is 17.4 Å². The maximum absolute atomic E-state index is 12.7. The van der Waals surface area contributed by atoms with Crippen LogP contribution in [-0.2, 0) is 6.67 Å². The number of nitrogens with zero attached hydrogens (tertiary/aromatic N) is 5. The fourth-order valence-electron chi connectivity index (χ4n) is 3.85. The van der Waals surface area contributed by atoms with Crippen LogP contribution in [0.3, 0.4) is 0 Å². The summed E-state index contributed by atoms with van der Waals surface area (Å²) in [6.45, 7) is 4.27. The lowest BCUT2D eigenvalue weighted by Crippen LogP contribution is -2.44. The van der Waals surface area contributed by atoms with Crippen LogP contribution in [0.15, 0.2) is 51.1 Å². The predicted octanol–water partition coefficient (Wildman–Crippen LogP) is 4.26. The van der Waals surface area contributed by atoms with E-state index in [0.717, 1.165) is 36.2 Å². The molecule has 9 nitrogen and oxygen atoms in total. The van der Waals surface area contributed by atoms with Gasteiger partial charge in [-0.1, -0.05) is 15.9 Å². The number of hydrogen-bond acceptors (Lipinski definition) is 7. The molecule has 1 fully saturated rings. The van der Waals surface area contributed by atoms with Gasteiger partial charge in [0.25, 0.3) is 5.91 Å². The van der Waals surface area contributed by atoms with Crippen LogP contribution in [0, 0.1) is 0 Å². The van der Waals surface area contributed by atoms with Gasteiger partial charge in [0, 0.05) is 41.6 Å². The molecule has 1 amide bonds. The topological polar surface area (TPSA) is 91.9 Å². The van der Waals surface area contributed by atoms with E-state index >= 15 is 0 Å². The van der Waals surface area contributed by atoms with Crippen molar-refractivity contribution in [2.75, 3.05) is 47.4 Å². The Bertz CT molecular complexity index is 1200. The molecule has 0 radical (unpaired) electrons. The van der Waals surface area contributed by atoms with E-state index in [-0.39, 0.29) is 11.6 Å². The molecular weight excluding hydrogens is 490 g/mol. The minimum absolute atomic E-state index is 0.0223. The van der Waals surface area contributed by atoms with Crippen LogP contribution in [0.25, 0.3) is 10.9 Å². The molecule has 1 aliphatic rings. The third-order valence-corrected chi connectivity index (χ3v) is 6.27. The van der Waals surface area contributed by atoms with Crippen molar-refractivity contribution in [1.82, 2.24) is 14.4 Å². The molecule has 1 saturated heterocycles. The first kappa shape index (κ1) is 23.2. The quantitative estimate of drug-likeness (QED) is 0.493. The number of rotatable bonds is 6. The fraction of sp³-hybridized carbons (Fsp3) is 0.348. The normalized spacial score (nSPS) is 15.4. The van der Waals surface area contributed by atoms with Crippen molar-refractivity contribution in [2.24, 2.45) is 10.2 Å². The number of aromatic nitrogens is 1. The zero-order valence-electron chi connectivity index (χ0n) is 18.8. The van der Waals surface area contributed by atoms with E-state index in [4.69, 9.17) is 9.47 Å². The molecule has 33 heavy (non-hydrogen) atoms. The molecule has 2 heterocycles. The van der Waals surface area contributed by atoms with E-state index in [1.54, 1.807) is 18.2 Å². The second kappa shape index (κ2) is 9.90. The van der Waals surface area contributed by atoms with Gasteiger partial charge in [-0.2, -0.15) is 0 Å². The van der Waals surface area contributed by atoms with E-state index in [2.05, 4.69) is 43.0 Å². The molecule has 174 valence electrons. The van der Waals surface area contributed by atoms with Crippen LogP contribution in [0.4, 0.5) is 5.69 Å². The summed E-state index contributed by atoms with van der Waals surface area (Å²) in [5.74, 6) is 0.366. The highest BCUT2D eigenvalue weighted by Gasteiger charge is 2.21. The number of ether oxygens (including phenoxy) is 2. The van der Waals surface area contributed by atoms with E-state index in [1.807, 2.05) is 22.8 Å². The zero-order valence-corrected chi connectivity index (χ0v) is 20.4. The first-order chi connectivity index (χ1) is 15.9. The van der Waals surface area contributed by atoms with Gasteiger partial charge in [-0.05, 0) is 43.4 Å². The Morgan fingerprint density at radius 3 is 2.48 bits per heavy atom. The lowest BCUT2D eigenvalue weighted by Gasteiger charge is -2.32. The second-order valence-electron chi connectivity index (χ2n) is 7.90. The Morgan fingerprint density at radius 1 is 1.06 bits per heavy atom. The number of carbonyl (C=O) groups is 1. The summed E-state index contributed by atoms with van der Waals surface area (Å²) >= 11 is 3.48. The molecule has 1 aromatic heterocycles. The van der Waals surface area contributed by atoms with Gasteiger partial charge in [0.15, 0.2) is 17.2 Å². The van der Waals surface area contributed by atoms with Crippen LogP contribution in [-0.4, -0.2) is 72.8 Å². The molecular formula is C23H26BrN5O4. The Hall–Kier alpha value is -2.95. The van der Waals surface area contributed by atoms with Gasteiger partial charge in [-0.25, -0.2) is 0 Å². The number of benzene rings is 2. The highest BCUT2D eigenvalue weighted by Crippen LogP contribution is 2.40. The lowest BCUT2D eigenvalue weighted by atomic mass is 10.2. The number of carbonyl (C=O) groups excluding carboxylic acids is 1. The third kappa shape index (κ3) is 4.87. The van der Waals surface area contributed by atoms with E-state index < -0.39 is 5.91 Å². The standard InChI is InChI=1S/C23H26BrN5O4/c1-27-8-10-28(11-9-27)14-29-18-6-5-16(24)13-17(18)21(23(29)31)25-26-22(30)15-4-7-19(32-2)20(12-15)33-3/h4-7,12-13,31H,8-11,14H2,1-3H3. The van der Waals surface area contributed by atoms with Crippen molar-refractivity contribution in [2.45, 2.75) is 6.67 Å². The molecule has 10 heteroatoms. The zero-order chi connectivity index (χ0) is 23.5. The summed E-state index contributed by atoms with van der Waals surface area (Å²) in [5.41, 5.74) is 1.38. The number of hydrogen-bond donors (Lipinski definition) is 1. The predicted molar refractivity (Wildman–Crippen MR) is 129 cm³/mol. The van der Waals surface area contributed by atoms with Gasteiger partial charge in [0.05, 0.1) is 26.4 Å². The molecule has 0 saturated carbocycles. The van der Waals surface area contributed by atoms with Gasteiger partial charge < -0.3 is 19.5 Å². The second-order valence-corrected chi connectivity index (χ2v) is 8.82. The van der Waals surface area contributed by atoms with Crippen LogP contribution in [0.2, 0.25) is 0 Å². The maximum atomic E-state index is 12.7. The molecule has 0 unspecified atom stereocenters. The first-order valence-corrected chi connectivity index (χ1v) is 11.3. The number of amides is 1. The number of fused-ring (bicyclic) bond motifs is 1. The lowest BCUT2D eigenvalue weighted by molar-refractivity contribution is 0.0994. The third-order valence-electron chi connectivity index (χ3n) is 5.78. The van der Waals surface area contributed by atoms with Gasteiger partial charge in [0.2, 0.25) is 5.88 Å². The number of methoxy groups -OCH3 is 2. The number of azo groups is 1. The average molecular weight is 516 g/mol. The van der Waals surface area contributed by atoms with Gasteiger partial charge in [-0.15, -0.1) is 10.2 Å². The van der Waals surface area contributed by atoms with E-state index in [1.165, 1.54) is 14.2 Å². The van der Waals surface area contributed by atoms with Crippen LogP contribution < -0.4 is 9.47 Å². The van der Waals surface area contributed by atoms with Crippen LogP contribution >= 0.6 is 15.9 Å². The molecule has 0 bridgehead atoms. The van der Waals surface area contributed by atoms with E-state index in [0.29, 0.717) is 29.1 Å². The average Bonchev–Trinajstić information content (AvgIpc) is 3.08. The van der Waals surface area contributed by atoms with Gasteiger partial charge >= 0.3 is 0 Å². The van der Waals surface area contributed by atoms with Crippen molar-refractivity contribution in [3.63, 3.8) is 0 Å². The fourth-order valence-corrected chi connectivity index (χ4v) is 4.21. The monoisotopic (exact) mass is 515 g/mol. The first-order valence-electron chi connectivity index (χ1n) is 10.5. The summed E-state index contributed by atoms with van der Waals surface area (Å²) in [7, 11) is 5.13. The molecule has 4 rings (SSSR count). The molecule has 0 atom stereocenters. The summed E-state index contributed by atoms with van der Waals surface area (Å²) < 4.78 is 13.1. The van der Waals surface area contributed by atoms with Crippen molar-refractivity contribution in [1.29, 1.82) is 0 Å². The number of likely N-dealkylation sites (N-methyl/N-ethyl adjacent to an activating group) is 1. The molecule has 1 N–H and O–H groups in total. The van der Waals surface area contributed by atoms with Crippen molar-refractivity contribution < 1.29 is 19.4 Å². The molecule has 0 aliphatic carbocycles. The van der Waals surface area contributed by atoms with Crippen molar-refractivity contribution in [3.05, 3.63) is 46.4 Å². The van der Waals surface area contributed by atoms with Crippen LogP contribution in [0.5, 0.6) is 17.4 Å². The Kier molecular flexibility index (Phi) is 6.96. The SMILES string of the molecule is COc1ccc(C(=O)N=Nc2c(O)n(CN3CCN(C)CC3)c3ccc(Br)cc23)cc1OC. The number of halogens is 1. The van der Waals surface area contributed by atoms with Gasteiger partial charge in [0.1, 0.15) is 0 Å². The summed E-state index contributed by atoms with van der Waals surface area (Å²) in [5, 5.41) is 19.8. The Labute approximate surface area is 200 Å². The molecule has 1 aliphatic heterocycles. The minimum Gasteiger partial charge on any atom is -0.493 e. The molecule has 3 aromatic rings. The smallest absolute Gasteiger partial charge is 0.295 e. The number of aromatic hydroxyl groups is 1. The largest absolute Gasteiger partial charge is 0.493 e. The van der Waals surface area contributed by atoms with Crippen LogP contribution in [0.1, 0.15) is 10.4 Å². The summed E-state index contributed by atoms with van der Waals surface area (Å²) in [6, 6.07) is 10.5. The Morgan fingerprint density at radius 2 is 1.79 bits per heavy atom. The maximum Gasteiger partial charge on any atom is 0.295 e. The number of piperazine rings is 1. The molecule has 2 aromatic carbocycles. The summed E-state index contributed by atoms with van der Waals surface area (Å²) in [6.07, 6.45) is 0. The Balaban J connectivity index is 1.66.